The van der Waals surface area contributed by atoms with Gasteiger partial charge < -0.3 is 9.55 Å². The summed E-state index contributed by atoms with van der Waals surface area (Å²) in [5.41, 5.74) is 5.98. The van der Waals surface area contributed by atoms with Gasteiger partial charge in [0.2, 0.25) is 0 Å². The highest BCUT2D eigenvalue weighted by Gasteiger charge is 2.16. The lowest BCUT2D eigenvalue weighted by Gasteiger charge is -2.09. The summed E-state index contributed by atoms with van der Waals surface area (Å²) in [4.78, 5) is 21.3. The molecule has 1 N–H and O–H groups in total. The van der Waals surface area contributed by atoms with E-state index < -0.39 is 0 Å². The molecule has 6 nitrogen and oxygen atoms in total. The first-order valence-electron chi connectivity index (χ1n) is 9.85. The Bertz CT molecular complexity index is 1230. The quantitative estimate of drug-likeness (QED) is 0.457. The maximum atomic E-state index is 4.75. The molecular formula is C24H20N6. The summed E-state index contributed by atoms with van der Waals surface area (Å²) in [6.45, 7) is 0.715. The van der Waals surface area contributed by atoms with E-state index in [1.165, 1.54) is 0 Å². The molecule has 0 aliphatic rings. The molecule has 0 amide bonds. The summed E-state index contributed by atoms with van der Waals surface area (Å²) in [6, 6.07) is 22.3. The molecule has 0 aliphatic carbocycles. The van der Waals surface area contributed by atoms with Crippen molar-refractivity contribution in [3.63, 3.8) is 0 Å². The fourth-order valence-corrected chi connectivity index (χ4v) is 3.54. The zero-order valence-electron chi connectivity index (χ0n) is 16.3. The first-order valence-corrected chi connectivity index (χ1v) is 9.85. The van der Waals surface area contributed by atoms with Crippen molar-refractivity contribution in [3.8, 4) is 33.9 Å². The van der Waals surface area contributed by atoms with E-state index in [2.05, 4.69) is 43.8 Å². The zero-order valence-corrected chi connectivity index (χ0v) is 16.3. The largest absolute Gasteiger partial charge is 0.343 e. The van der Waals surface area contributed by atoms with Crippen LogP contribution in [0.15, 0.2) is 91.8 Å². The highest BCUT2D eigenvalue weighted by molar-refractivity contribution is 5.76. The summed E-state index contributed by atoms with van der Waals surface area (Å²) in [6.07, 6.45) is 7.91. The van der Waals surface area contributed by atoms with Crippen LogP contribution in [0.25, 0.3) is 33.9 Å². The highest BCUT2D eigenvalue weighted by Crippen LogP contribution is 2.30. The lowest BCUT2D eigenvalue weighted by Crippen LogP contribution is -2.06. The number of H-pyrrole nitrogens is 1. The van der Waals surface area contributed by atoms with Crippen LogP contribution in [-0.4, -0.2) is 29.5 Å². The van der Waals surface area contributed by atoms with Crippen molar-refractivity contribution in [2.75, 3.05) is 0 Å². The summed E-state index contributed by atoms with van der Waals surface area (Å²) < 4.78 is 2.13. The van der Waals surface area contributed by atoms with Crippen molar-refractivity contribution in [1.82, 2.24) is 29.5 Å². The van der Waals surface area contributed by atoms with Gasteiger partial charge in [-0.2, -0.15) is 0 Å². The number of aryl methyl sites for hydroxylation is 2. The number of aromatic nitrogens is 6. The maximum absolute atomic E-state index is 4.75. The van der Waals surface area contributed by atoms with Crippen LogP contribution in [-0.2, 0) is 13.0 Å². The summed E-state index contributed by atoms with van der Waals surface area (Å²) in [5.74, 6) is 0.807. The normalized spacial score (nSPS) is 10.9. The van der Waals surface area contributed by atoms with E-state index >= 15 is 0 Å². The van der Waals surface area contributed by atoms with Crippen molar-refractivity contribution in [3.05, 3.63) is 97.6 Å². The van der Waals surface area contributed by atoms with E-state index in [9.17, 15) is 0 Å². The third-order valence-electron chi connectivity index (χ3n) is 4.99. The highest BCUT2D eigenvalue weighted by atomic mass is 15.1. The molecule has 0 saturated carbocycles. The predicted molar refractivity (Wildman–Crippen MR) is 116 cm³/mol. The molecule has 0 bridgehead atoms. The molecule has 0 radical (unpaired) electrons. The topological polar surface area (TPSA) is 72.3 Å². The zero-order chi connectivity index (χ0) is 20.2. The number of benzene rings is 2. The van der Waals surface area contributed by atoms with Crippen LogP contribution in [0.4, 0.5) is 0 Å². The minimum atomic E-state index is 0.701. The molecule has 0 aliphatic heterocycles. The van der Waals surface area contributed by atoms with Crippen LogP contribution >= 0.6 is 0 Å². The average Bonchev–Trinajstić information content (AvgIpc) is 3.49. The molecule has 0 unspecified atom stereocenters. The van der Waals surface area contributed by atoms with E-state index in [4.69, 9.17) is 9.97 Å². The molecule has 0 spiro atoms. The van der Waals surface area contributed by atoms with Gasteiger partial charge in [-0.1, -0.05) is 60.7 Å². The van der Waals surface area contributed by atoms with Crippen molar-refractivity contribution in [2.24, 2.45) is 0 Å². The third kappa shape index (κ3) is 3.63. The fraction of sp³-hybridized carbons (Fsp3) is 0.0833. The summed E-state index contributed by atoms with van der Waals surface area (Å²) in [5, 5.41) is 0. The molecule has 0 atom stereocenters. The van der Waals surface area contributed by atoms with Crippen LogP contribution in [0.1, 0.15) is 5.82 Å². The molecule has 5 rings (SSSR count). The fourth-order valence-electron chi connectivity index (χ4n) is 3.54. The maximum Gasteiger partial charge on any atom is 0.130 e. The van der Waals surface area contributed by atoms with Crippen LogP contribution < -0.4 is 0 Å². The van der Waals surface area contributed by atoms with Gasteiger partial charge in [-0.25, -0.2) is 19.9 Å². The second-order valence-electron chi connectivity index (χ2n) is 6.94. The molecule has 30 heavy (non-hydrogen) atoms. The summed E-state index contributed by atoms with van der Waals surface area (Å²) in [7, 11) is 0. The van der Waals surface area contributed by atoms with Crippen molar-refractivity contribution < 1.29 is 0 Å². The SMILES string of the molecule is c1ccc(-c2ccnc(CCn3cnc(-c4ccccc4)c3-c3cnc[nH]3)n2)cc1. The second kappa shape index (κ2) is 8.13. The van der Waals surface area contributed by atoms with Crippen molar-refractivity contribution in [2.45, 2.75) is 13.0 Å². The first-order chi connectivity index (χ1) is 14.9. The van der Waals surface area contributed by atoms with Gasteiger partial charge in [0.25, 0.3) is 0 Å². The Morgan fingerprint density at radius 1 is 0.833 bits per heavy atom. The number of aromatic amines is 1. The summed E-state index contributed by atoms with van der Waals surface area (Å²) >= 11 is 0. The molecule has 3 heterocycles. The average molecular weight is 392 g/mol. The van der Waals surface area contributed by atoms with Crippen LogP contribution in [0.5, 0.6) is 0 Å². The first kappa shape index (κ1) is 18.0. The molecule has 6 heteroatoms. The van der Waals surface area contributed by atoms with E-state index in [-0.39, 0.29) is 0 Å². The van der Waals surface area contributed by atoms with Gasteiger partial charge in [-0.3, -0.25) is 0 Å². The molecule has 146 valence electrons. The molecule has 3 aromatic heterocycles. The third-order valence-corrected chi connectivity index (χ3v) is 4.99. The number of nitrogens with zero attached hydrogens (tertiary/aromatic N) is 5. The minimum absolute atomic E-state index is 0.701. The van der Waals surface area contributed by atoms with Gasteiger partial charge in [0.05, 0.1) is 41.6 Å². The van der Waals surface area contributed by atoms with E-state index in [1.807, 2.05) is 61.2 Å². The monoisotopic (exact) mass is 392 g/mol. The number of imidazole rings is 2. The van der Waals surface area contributed by atoms with Gasteiger partial charge in [0.1, 0.15) is 5.82 Å². The van der Waals surface area contributed by atoms with Crippen molar-refractivity contribution >= 4 is 0 Å². The Morgan fingerprint density at radius 3 is 2.33 bits per heavy atom. The standard InChI is InChI=1S/C24H20N6/c1-3-7-18(8-4-1)20-11-13-26-22(29-20)12-14-30-17-28-23(19-9-5-2-6-10-19)24(30)21-15-25-16-27-21/h1-11,13,15-17H,12,14H2,(H,25,27). The molecule has 0 fully saturated rings. The van der Waals surface area contributed by atoms with Crippen LogP contribution in [0.3, 0.4) is 0 Å². The lowest BCUT2D eigenvalue weighted by atomic mass is 10.1. The number of nitrogens with one attached hydrogen (secondary N) is 1. The van der Waals surface area contributed by atoms with Crippen LogP contribution in [0, 0.1) is 0 Å². The second-order valence-corrected chi connectivity index (χ2v) is 6.94. The molecule has 0 saturated heterocycles. The Hall–Kier alpha value is -4.06. The van der Waals surface area contributed by atoms with E-state index in [0.717, 1.165) is 39.7 Å². The number of rotatable bonds is 6. The smallest absolute Gasteiger partial charge is 0.130 e. The van der Waals surface area contributed by atoms with Gasteiger partial charge in [0.15, 0.2) is 0 Å². The number of hydrogen-bond acceptors (Lipinski definition) is 4. The van der Waals surface area contributed by atoms with Crippen molar-refractivity contribution in [1.29, 1.82) is 0 Å². The van der Waals surface area contributed by atoms with E-state index in [1.54, 1.807) is 6.33 Å². The van der Waals surface area contributed by atoms with Gasteiger partial charge >= 0.3 is 0 Å². The Morgan fingerprint density at radius 2 is 1.60 bits per heavy atom. The Kier molecular flexibility index (Phi) is 4.88. The van der Waals surface area contributed by atoms with Gasteiger partial charge in [0, 0.05) is 30.3 Å². The van der Waals surface area contributed by atoms with Gasteiger partial charge in [-0.05, 0) is 6.07 Å². The Labute approximate surface area is 174 Å². The minimum Gasteiger partial charge on any atom is -0.343 e. The molecule has 2 aromatic carbocycles. The van der Waals surface area contributed by atoms with E-state index in [0.29, 0.717) is 13.0 Å². The Balaban J connectivity index is 1.44. The van der Waals surface area contributed by atoms with Gasteiger partial charge in [-0.15, -0.1) is 0 Å². The number of hydrogen-bond donors (Lipinski definition) is 1. The lowest BCUT2D eigenvalue weighted by molar-refractivity contribution is 0.675. The predicted octanol–water partition coefficient (Wildman–Crippen LogP) is 4.64. The van der Waals surface area contributed by atoms with Crippen LogP contribution in [0.2, 0.25) is 0 Å². The molecular weight excluding hydrogens is 372 g/mol. The molecule has 5 aromatic rings.